The van der Waals surface area contributed by atoms with Crippen molar-refractivity contribution in [2.45, 2.75) is 45.3 Å². The molecule has 0 saturated carbocycles. The summed E-state index contributed by atoms with van der Waals surface area (Å²) in [5, 5.41) is 6.83. The molecule has 0 radical (unpaired) electrons. The van der Waals surface area contributed by atoms with Crippen molar-refractivity contribution >= 4 is 5.96 Å². The van der Waals surface area contributed by atoms with Crippen molar-refractivity contribution in [2.75, 3.05) is 19.6 Å². The third-order valence-corrected chi connectivity index (χ3v) is 5.06. The van der Waals surface area contributed by atoms with Crippen LogP contribution in [0.2, 0.25) is 0 Å². The normalized spacial score (nSPS) is 36.7. The van der Waals surface area contributed by atoms with E-state index in [2.05, 4.69) is 41.3 Å². The van der Waals surface area contributed by atoms with Crippen LogP contribution in [0.4, 0.5) is 0 Å². The van der Waals surface area contributed by atoms with Crippen LogP contribution in [0, 0.1) is 11.3 Å². The van der Waals surface area contributed by atoms with E-state index in [9.17, 15) is 0 Å². The molecule has 1 unspecified atom stereocenters. The maximum Gasteiger partial charge on any atom is 0.196 e. The molecule has 0 bridgehead atoms. The summed E-state index contributed by atoms with van der Waals surface area (Å²) >= 11 is 0. The van der Waals surface area contributed by atoms with Crippen LogP contribution in [-0.4, -0.2) is 42.2 Å². The summed E-state index contributed by atoms with van der Waals surface area (Å²) in [4.78, 5) is 6.80. The van der Waals surface area contributed by atoms with Gasteiger partial charge in [0.25, 0.3) is 0 Å². The fourth-order valence-electron chi connectivity index (χ4n) is 3.43. The molecular formula is C15H28N6. The van der Waals surface area contributed by atoms with Gasteiger partial charge in [-0.1, -0.05) is 20.8 Å². The number of piperidine rings is 1. The van der Waals surface area contributed by atoms with Crippen molar-refractivity contribution < 1.29 is 0 Å². The van der Waals surface area contributed by atoms with Crippen LogP contribution in [0.3, 0.4) is 0 Å². The second-order valence-electron chi connectivity index (χ2n) is 7.59. The predicted molar refractivity (Wildman–Crippen MR) is 85.3 cm³/mol. The summed E-state index contributed by atoms with van der Waals surface area (Å²) in [5.41, 5.74) is 11.5. The highest BCUT2D eigenvalue weighted by Crippen LogP contribution is 2.34. The van der Waals surface area contributed by atoms with Gasteiger partial charge in [-0.3, -0.25) is 0 Å². The number of nitrogens with one attached hydrogen (secondary N) is 2. The minimum absolute atomic E-state index is 0.185. The molecule has 6 N–H and O–H groups in total. The number of rotatable bonds is 1. The Hall–Kier alpha value is -1.27. The van der Waals surface area contributed by atoms with Gasteiger partial charge in [0.1, 0.15) is 11.5 Å². The molecule has 6 nitrogen and oxygen atoms in total. The molecule has 21 heavy (non-hydrogen) atoms. The van der Waals surface area contributed by atoms with Gasteiger partial charge >= 0.3 is 0 Å². The largest absolute Gasteiger partial charge is 0.370 e. The van der Waals surface area contributed by atoms with Crippen molar-refractivity contribution in [3.05, 3.63) is 11.9 Å². The van der Waals surface area contributed by atoms with Crippen LogP contribution in [0.15, 0.2) is 16.9 Å². The molecule has 3 aliphatic heterocycles. The van der Waals surface area contributed by atoms with Gasteiger partial charge in [-0.05, 0) is 31.4 Å². The van der Waals surface area contributed by atoms with E-state index < -0.39 is 5.66 Å². The van der Waals surface area contributed by atoms with E-state index in [1.165, 1.54) is 12.8 Å². The standard InChI is InChI=1S/C15H28N6/c1-14(2,3)15(17)7-12(19-13(16)20-15)21-8-10-5-4-6-18-11(10)9-21/h7,10-11,18H,4-6,8-9,17H2,1-3H3,(H3,16,19,20)/t10-,11+,15?/m0/s1. The van der Waals surface area contributed by atoms with Gasteiger partial charge in [-0.15, -0.1) is 0 Å². The number of nitrogens with two attached hydrogens (primary N) is 2. The molecule has 0 aromatic rings. The monoisotopic (exact) mass is 292 g/mol. The molecular weight excluding hydrogens is 264 g/mol. The van der Waals surface area contributed by atoms with Crippen molar-refractivity contribution in [1.29, 1.82) is 0 Å². The van der Waals surface area contributed by atoms with Crippen molar-refractivity contribution in [3.63, 3.8) is 0 Å². The van der Waals surface area contributed by atoms with Gasteiger partial charge in [0.15, 0.2) is 5.96 Å². The van der Waals surface area contributed by atoms with E-state index in [0.717, 1.165) is 31.4 Å². The Labute approximate surface area is 127 Å². The van der Waals surface area contributed by atoms with Crippen molar-refractivity contribution in [3.8, 4) is 0 Å². The number of likely N-dealkylation sites (tertiary alicyclic amines) is 1. The maximum absolute atomic E-state index is 6.51. The maximum atomic E-state index is 6.51. The number of nitrogens with zero attached hydrogens (tertiary/aromatic N) is 2. The van der Waals surface area contributed by atoms with Gasteiger partial charge in [0.05, 0.1) is 0 Å². The lowest BCUT2D eigenvalue weighted by atomic mass is 9.80. The highest BCUT2D eigenvalue weighted by molar-refractivity contribution is 5.81. The zero-order chi connectivity index (χ0) is 15.3. The molecule has 3 heterocycles. The molecule has 3 atom stereocenters. The smallest absolute Gasteiger partial charge is 0.196 e. The molecule has 2 fully saturated rings. The first-order valence-corrected chi connectivity index (χ1v) is 7.91. The zero-order valence-corrected chi connectivity index (χ0v) is 13.3. The van der Waals surface area contributed by atoms with Gasteiger partial charge in [0, 0.05) is 24.5 Å². The van der Waals surface area contributed by atoms with Crippen LogP contribution in [-0.2, 0) is 0 Å². The predicted octanol–water partition coefficient (Wildman–Crippen LogP) is 0.131. The van der Waals surface area contributed by atoms with Crippen LogP contribution in [0.25, 0.3) is 0 Å². The van der Waals surface area contributed by atoms with Crippen LogP contribution in [0.1, 0.15) is 33.6 Å². The summed E-state index contributed by atoms with van der Waals surface area (Å²) in [6.45, 7) is 9.48. The molecule has 0 aromatic heterocycles. The number of guanidine groups is 1. The minimum Gasteiger partial charge on any atom is -0.370 e. The highest BCUT2D eigenvalue weighted by atomic mass is 15.3. The van der Waals surface area contributed by atoms with E-state index in [1.807, 2.05) is 6.08 Å². The fraction of sp³-hybridized carbons (Fsp3) is 0.800. The minimum atomic E-state index is -0.765. The Morgan fingerprint density at radius 3 is 2.81 bits per heavy atom. The number of fused-ring (bicyclic) bond motifs is 1. The lowest BCUT2D eigenvalue weighted by molar-refractivity contribution is 0.237. The van der Waals surface area contributed by atoms with Gasteiger partial charge in [-0.2, -0.15) is 0 Å². The highest BCUT2D eigenvalue weighted by Gasteiger charge is 2.42. The Morgan fingerprint density at radius 2 is 2.14 bits per heavy atom. The van der Waals surface area contributed by atoms with E-state index in [1.54, 1.807) is 0 Å². The topological polar surface area (TPSA) is 91.7 Å². The van der Waals surface area contributed by atoms with Crippen molar-refractivity contribution in [2.24, 2.45) is 27.8 Å². The molecule has 3 aliphatic rings. The van der Waals surface area contributed by atoms with Gasteiger partial charge in [-0.25, -0.2) is 4.99 Å². The molecule has 0 aliphatic carbocycles. The Kier molecular flexibility index (Phi) is 3.41. The summed E-state index contributed by atoms with van der Waals surface area (Å²) in [6, 6.07) is 0.586. The van der Waals surface area contributed by atoms with E-state index in [4.69, 9.17) is 11.5 Å². The second-order valence-corrected chi connectivity index (χ2v) is 7.59. The van der Waals surface area contributed by atoms with Gasteiger partial charge in [0.2, 0.25) is 0 Å². The SMILES string of the molecule is CC(C)(C)C1(N)C=C(N2C[C@@H]3CCCN[C@@H]3C2)NC(N)=N1. The third kappa shape index (κ3) is 2.62. The van der Waals surface area contributed by atoms with E-state index in [-0.39, 0.29) is 5.41 Å². The third-order valence-electron chi connectivity index (χ3n) is 5.06. The summed E-state index contributed by atoms with van der Waals surface area (Å²) in [5.74, 6) is 2.15. The van der Waals surface area contributed by atoms with Crippen LogP contribution >= 0.6 is 0 Å². The quantitative estimate of drug-likeness (QED) is 0.551. The number of hydrogen-bond donors (Lipinski definition) is 4. The van der Waals surface area contributed by atoms with Gasteiger partial charge < -0.3 is 27.0 Å². The second kappa shape index (κ2) is 4.88. The Balaban J connectivity index is 1.82. The lowest BCUT2D eigenvalue weighted by Gasteiger charge is -2.40. The summed E-state index contributed by atoms with van der Waals surface area (Å²) in [7, 11) is 0. The molecule has 0 aromatic carbocycles. The molecule has 6 heteroatoms. The summed E-state index contributed by atoms with van der Waals surface area (Å²) < 4.78 is 0. The molecule has 3 rings (SSSR count). The van der Waals surface area contributed by atoms with E-state index >= 15 is 0 Å². The first kappa shape index (κ1) is 14.7. The zero-order valence-electron chi connectivity index (χ0n) is 13.3. The molecule has 0 spiro atoms. The summed E-state index contributed by atoms with van der Waals surface area (Å²) in [6.07, 6.45) is 4.62. The van der Waals surface area contributed by atoms with E-state index in [0.29, 0.717) is 12.0 Å². The molecule has 0 amide bonds. The molecule has 2 saturated heterocycles. The lowest BCUT2D eigenvalue weighted by Crippen LogP contribution is -2.56. The van der Waals surface area contributed by atoms with Crippen LogP contribution < -0.4 is 22.1 Å². The Morgan fingerprint density at radius 1 is 1.38 bits per heavy atom. The first-order valence-electron chi connectivity index (χ1n) is 7.91. The average molecular weight is 292 g/mol. The number of aliphatic imine (C=N–C) groups is 1. The fourth-order valence-corrected chi connectivity index (χ4v) is 3.43. The molecule has 118 valence electrons. The average Bonchev–Trinajstić information content (AvgIpc) is 2.80. The first-order chi connectivity index (χ1) is 9.78. The Bertz CT molecular complexity index is 463. The number of hydrogen-bond acceptors (Lipinski definition) is 6. The van der Waals surface area contributed by atoms with Crippen molar-refractivity contribution in [1.82, 2.24) is 15.5 Å². The van der Waals surface area contributed by atoms with Crippen LogP contribution in [0.5, 0.6) is 0 Å².